The summed E-state index contributed by atoms with van der Waals surface area (Å²) in [5.41, 5.74) is 1.31. The minimum atomic E-state index is 0.246. The SMILES string of the molecule is CCCNC(c1cccc2ccncc12)C1OCCC1C. The fraction of sp³-hybridized carbons (Fsp3) is 0.500. The number of aromatic nitrogens is 1. The van der Waals surface area contributed by atoms with E-state index in [2.05, 4.69) is 48.4 Å². The van der Waals surface area contributed by atoms with Gasteiger partial charge >= 0.3 is 0 Å². The quantitative estimate of drug-likeness (QED) is 0.909. The molecule has 0 aliphatic carbocycles. The van der Waals surface area contributed by atoms with Gasteiger partial charge in [-0.25, -0.2) is 0 Å². The van der Waals surface area contributed by atoms with Crippen LogP contribution in [0.2, 0.25) is 0 Å². The maximum Gasteiger partial charge on any atom is 0.0796 e. The largest absolute Gasteiger partial charge is 0.376 e. The molecule has 3 unspecified atom stereocenters. The molecule has 0 amide bonds. The van der Waals surface area contributed by atoms with Gasteiger partial charge in [-0.3, -0.25) is 4.98 Å². The van der Waals surface area contributed by atoms with Gasteiger partial charge in [-0.1, -0.05) is 32.0 Å². The molecule has 2 aromatic rings. The number of nitrogens with zero attached hydrogens (tertiary/aromatic N) is 1. The lowest BCUT2D eigenvalue weighted by Gasteiger charge is -2.28. The van der Waals surface area contributed by atoms with Crippen molar-refractivity contribution in [2.75, 3.05) is 13.2 Å². The zero-order valence-corrected chi connectivity index (χ0v) is 12.9. The molecule has 1 aliphatic heterocycles. The Bertz CT molecular complexity index is 593. The summed E-state index contributed by atoms with van der Waals surface area (Å²) in [5, 5.41) is 6.18. The van der Waals surface area contributed by atoms with E-state index in [1.165, 1.54) is 16.3 Å². The van der Waals surface area contributed by atoms with E-state index < -0.39 is 0 Å². The van der Waals surface area contributed by atoms with Crippen LogP contribution < -0.4 is 5.32 Å². The summed E-state index contributed by atoms with van der Waals surface area (Å²) in [5.74, 6) is 0.589. The second-order valence-electron chi connectivity index (χ2n) is 5.98. The second kappa shape index (κ2) is 6.54. The lowest BCUT2D eigenvalue weighted by atomic mass is 9.90. The highest BCUT2D eigenvalue weighted by Crippen LogP contribution is 2.34. The third kappa shape index (κ3) is 2.94. The number of hydrogen-bond donors (Lipinski definition) is 1. The van der Waals surface area contributed by atoms with Gasteiger partial charge in [0.05, 0.1) is 12.1 Å². The third-order valence-electron chi connectivity index (χ3n) is 4.44. The number of pyridine rings is 1. The summed E-state index contributed by atoms with van der Waals surface area (Å²) < 4.78 is 6.04. The minimum Gasteiger partial charge on any atom is -0.376 e. The smallest absolute Gasteiger partial charge is 0.0796 e. The first-order valence-electron chi connectivity index (χ1n) is 7.99. The molecule has 0 radical (unpaired) electrons. The average Bonchev–Trinajstić information content (AvgIpc) is 2.94. The Morgan fingerprint density at radius 1 is 1.38 bits per heavy atom. The lowest BCUT2D eigenvalue weighted by molar-refractivity contribution is 0.0611. The molecule has 1 aliphatic rings. The van der Waals surface area contributed by atoms with Crippen LogP contribution in [0, 0.1) is 5.92 Å². The first-order chi connectivity index (χ1) is 10.3. The van der Waals surface area contributed by atoms with Crippen LogP contribution in [0.1, 0.15) is 38.3 Å². The molecule has 112 valence electrons. The second-order valence-corrected chi connectivity index (χ2v) is 5.98. The van der Waals surface area contributed by atoms with Crippen LogP contribution in [0.3, 0.4) is 0 Å². The van der Waals surface area contributed by atoms with Gasteiger partial charge in [-0.2, -0.15) is 0 Å². The van der Waals surface area contributed by atoms with Crippen molar-refractivity contribution in [3.8, 4) is 0 Å². The fourth-order valence-corrected chi connectivity index (χ4v) is 3.25. The van der Waals surface area contributed by atoms with Crippen molar-refractivity contribution in [3.63, 3.8) is 0 Å². The highest BCUT2D eigenvalue weighted by molar-refractivity contribution is 5.85. The van der Waals surface area contributed by atoms with Crippen molar-refractivity contribution in [1.29, 1.82) is 0 Å². The number of hydrogen-bond acceptors (Lipinski definition) is 3. The first kappa shape index (κ1) is 14.5. The molecule has 1 aromatic heterocycles. The van der Waals surface area contributed by atoms with Crippen molar-refractivity contribution in [3.05, 3.63) is 42.2 Å². The fourth-order valence-electron chi connectivity index (χ4n) is 3.25. The van der Waals surface area contributed by atoms with E-state index >= 15 is 0 Å². The van der Waals surface area contributed by atoms with Crippen LogP contribution in [0.4, 0.5) is 0 Å². The summed E-state index contributed by atoms with van der Waals surface area (Å²) >= 11 is 0. The Kier molecular flexibility index (Phi) is 4.51. The molecule has 1 saturated heterocycles. The van der Waals surface area contributed by atoms with Crippen molar-refractivity contribution in [1.82, 2.24) is 10.3 Å². The summed E-state index contributed by atoms with van der Waals surface area (Å²) in [7, 11) is 0. The van der Waals surface area contributed by atoms with Crippen molar-refractivity contribution in [2.24, 2.45) is 5.92 Å². The average molecular weight is 284 g/mol. The van der Waals surface area contributed by atoms with Gasteiger partial charge in [-0.05, 0) is 42.3 Å². The Hall–Kier alpha value is -1.45. The highest BCUT2D eigenvalue weighted by atomic mass is 16.5. The predicted octanol–water partition coefficient (Wildman–Crippen LogP) is 3.70. The maximum absolute atomic E-state index is 6.04. The minimum absolute atomic E-state index is 0.246. The lowest BCUT2D eigenvalue weighted by Crippen LogP contribution is -2.35. The normalized spacial score (nSPS) is 23.5. The number of fused-ring (bicyclic) bond motifs is 1. The molecule has 3 nitrogen and oxygen atoms in total. The summed E-state index contributed by atoms with van der Waals surface area (Å²) in [6.07, 6.45) is 6.36. The highest BCUT2D eigenvalue weighted by Gasteiger charge is 2.33. The molecule has 3 heteroatoms. The molecular formula is C18H24N2O. The van der Waals surface area contributed by atoms with E-state index in [1.807, 2.05) is 12.4 Å². The van der Waals surface area contributed by atoms with Crippen molar-refractivity contribution >= 4 is 10.8 Å². The van der Waals surface area contributed by atoms with Gasteiger partial charge in [0.2, 0.25) is 0 Å². The Morgan fingerprint density at radius 3 is 3.05 bits per heavy atom. The Balaban J connectivity index is 2.01. The van der Waals surface area contributed by atoms with E-state index in [1.54, 1.807) is 0 Å². The molecule has 1 fully saturated rings. The summed E-state index contributed by atoms with van der Waals surface area (Å²) in [6, 6.07) is 8.82. The molecule has 0 spiro atoms. The van der Waals surface area contributed by atoms with Gasteiger partial charge in [0.25, 0.3) is 0 Å². The predicted molar refractivity (Wildman–Crippen MR) is 86.3 cm³/mol. The van der Waals surface area contributed by atoms with Gasteiger partial charge in [0, 0.05) is 24.4 Å². The zero-order valence-electron chi connectivity index (χ0n) is 12.9. The molecule has 3 rings (SSSR count). The number of rotatable bonds is 5. The first-order valence-corrected chi connectivity index (χ1v) is 7.99. The Morgan fingerprint density at radius 2 is 2.29 bits per heavy atom. The van der Waals surface area contributed by atoms with Crippen LogP contribution in [0.15, 0.2) is 36.7 Å². The van der Waals surface area contributed by atoms with E-state index in [4.69, 9.17) is 4.74 Å². The number of benzene rings is 1. The zero-order chi connectivity index (χ0) is 14.7. The summed E-state index contributed by atoms with van der Waals surface area (Å²) in [4.78, 5) is 4.31. The number of ether oxygens (including phenoxy) is 1. The van der Waals surface area contributed by atoms with Gasteiger partial charge in [-0.15, -0.1) is 0 Å². The maximum atomic E-state index is 6.04. The Labute approximate surface area is 126 Å². The van der Waals surface area contributed by atoms with E-state index in [0.717, 1.165) is 26.0 Å². The van der Waals surface area contributed by atoms with Crippen LogP contribution in [0.25, 0.3) is 10.8 Å². The van der Waals surface area contributed by atoms with E-state index in [-0.39, 0.29) is 12.1 Å². The van der Waals surface area contributed by atoms with Crippen LogP contribution in [-0.4, -0.2) is 24.2 Å². The standard InChI is InChI=1S/C18H24N2O/c1-3-9-20-17(18-13(2)8-11-21-18)15-6-4-5-14-7-10-19-12-16(14)15/h4-7,10,12-13,17-18,20H,3,8-9,11H2,1-2H3. The van der Waals surface area contributed by atoms with E-state index in [9.17, 15) is 0 Å². The molecule has 0 bridgehead atoms. The van der Waals surface area contributed by atoms with Crippen molar-refractivity contribution in [2.45, 2.75) is 38.8 Å². The third-order valence-corrected chi connectivity index (χ3v) is 4.44. The van der Waals surface area contributed by atoms with Crippen LogP contribution in [-0.2, 0) is 4.74 Å². The van der Waals surface area contributed by atoms with Crippen LogP contribution in [0.5, 0.6) is 0 Å². The van der Waals surface area contributed by atoms with Gasteiger partial charge in [0.1, 0.15) is 0 Å². The van der Waals surface area contributed by atoms with Gasteiger partial charge in [0.15, 0.2) is 0 Å². The topological polar surface area (TPSA) is 34.2 Å². The molecule has 2 heterocycles. The molecule has 1 N–H and O–H groups in total. The molecular weight excluding hydrogens is 260 g/mol. The molecule has 21 heavy (non-hydrogen) atoms. The molecule has 1 aromatic carbocycles. The number of nitrogens with one attached hydrogen (secondary N) is 1. The monoisotopic (exact) mass is 284 g/mol. The van der Waals surface area contributed by atoms with Crippen molar-refractivity contribution < 1.29 is 4.74 Å². The van der Waals surface area contributed by atoms with E-state index in [0.29, 0.717) is 5.92 Å². The summed E-state index contributed by atoms with van der Waals surface area (Å²) in [6.45, 7) is 6.38. The molecule has 0 saturated carbocycles. The molecule has 3 atom stereocenters. The van der Waals surface area contributed by atoms with Crippen LogP contribution >= 0.6 is 0 Å². The van der Waals surface area contributed by atoms with Gasteiger partial charge < -0.3 is 10.1 Å².